The molecule has 1 radical (unpaired) electrons. The van der Waals surface area contributed by atoms with E-state index in [9.17, 15) is 4.79 Å². The number of rotatable bonds is 3. The van der Waals surface area contributed by atoms with E-state index in [2.05, 4.69) is 18.4 Å². The summed E-state index contributed by atoms with van der Waals surface area (Å²) >= 11 is 0. The Bertz CT molecular complexity index is 159. The van der Waals surface area contributed by atoms with Crippen molar-refractivity contribution in [1.82, 2.24) is 4.90 Å². The van der Waals surface area contributed by atoms with E-state index in [4.69, 9.17) is 5.73 Å². The predicted octanol–water partition coefficient (Wildman–Crippen LogP) is 0.408. The minimum absolute atomic E-state index is 0.219. The summed E-state index contributed by atoms with van der Waals surface area (Å²) in [7, 11) is 2.12. The molecule has 3 heteroatoms. The number of nitrogens with two attached hydrogens (primary N) is 1. The summed E-state index contributed by atoms with van der Waals surface area (Å²) in [6, 6.07) is 0. The molecule has 1 unspecified atom stereocenters. The Morgan fingerprint density at radius 1 is 1.75 bits per heavy atom. The standard InChI is InChI=1S/C9H17N2O/c1-11-6-2-3-8(7-11)4-5-9(10)12/h4,8H,2-3,5-7H2,1H3,(H2,10,12). The Hall–Kier alpha value is -0.570. The van der Waals surface area contributed by atoms with Crippen molar-refractivity contribution in [3.8, 4) is 0 Å². The van der Waals surface area contributed by atoms with Crippen LogP contribution in [0.25, 0.3) is 0 Å². The number of hydrogen-bond donors (Lipinski definition) is 1. The van der Waals surface area contributed by atoms with Crippen LogP contribution in [0.5, 0.6) is 0 Å². The topological polar surface area (TPSA) is 46.3 Å². The minimum atomic E-state index is -0.219. The summed E-state index contributed by atoms with van der Waals surface area (Å²) in [6.45, 7) is 2.26. The van der Waals surface area contributed by atoms with Crippen LogP contribution in [0.15, 0.2) is 0 Å². The lowest BCUT2D eigenvalue weighted by Crippen LogP contribution is -2.32. The first-order valence-electron chi connectivity index (χ1n) is 4.48. The van der Waals surface area contributed by atoms with Crippen LogP contribution >= 0.6 is 0 Å². The van der Waals surface area contributed by atoms with Crippen LogP contribution in [-0.4, -0.2) is 30.9 Å². The second kappa shape index (κ2) is 4.45. The smallest absolute Gasteiger partial charge is 0.217 e. The molecule has 0 aromatic heterocycles. The molecule has 0 bridgehead atoms. The van der Waals surface area contributed by atoms with Gasteiger partial charge in [0.25, 0.3) is 0 Å². The lowest BCUT2D eigenvalue weighted by molar-refractivity contribution is -0.117. The second-order valence-corrected chi connectivity index (χ2v) is 3.57. The van der Waals surface area contributed by atoms with Gasteiger partial charge in [0.05, 0.1) is 0 Å². The fraction of sp³-hybridized carbons (Fsp3) is 0.778. The summed E-state index contributed by atoms with van der Waals surface area (Å²) in [4.78, 5) is 12.8. The number of carbonyl (C=O) groups excluding carboxylic acids is 1. The van der Waals surface area contributed by atoms with Gasteiger partial charge in [-0.3, -0.25) is 4.79 Å². The van der Waals surface area contributed by atoms with Gasteiger partial charge in [-0.25, -0.2) is 0 Å². The maximum atomic E-state index is 10.5. The van der Waals surface area contributed by atoms with Crippen LogP contribution in [0.4, 0.5) is 0 Å². The van der Waals surface area contributed by atoms with Gasteiger partial charge < -0.3 is 10.6 Å². The fourth-order valence-corrected chi connectivity index (χ4v) is 1.68. The second-order valence-electron chi connectivity index (χ2n) is 3.57. The van der Waals surface area contributed by atoms with Gasteiger partial charge in [-0.15, -0.1) is 0 Å². The predicted molar refractivity (Wildman–Crippen MR) is 48.3 cm³/mol. The number of nitrogens with zero attached hydrogens (tertiary/aromatic N) is 1. The van der Waals surface area contributed by atoms with E-state index in [0.717, 1.165) is 6.54 Å². The maximum Gasteiger partial charge on any atom is 0.217 e. The largest absolute Gasteiger partial charge is 0.370 e. The summed E-state index contributed by atoms with van der Waals surface area (Å²) in [5, 5.41) is 0. The SMILES string of the molecule is CN1CCCC([CH]CC(N)=O)C1. The van der Waals surface area contributed by atoms with E-state index in [-0.39, 0.29) is 5.91 Å². The van der Waals surface area contributed by atoms with Gasteiger partial charge in [0, 0.05) is 13.0 Å². The molecule has 69 valence electrons. The van der Waals surface area contributed by atoms with Crippen molar-refractivity contribution in [3.63, 3.8) is 0 Å². The van der Waals surface area contributed by atoms with E-state index in [1.165, 1.54) is 19.4 Å². The molecule has 0 aromatic rings. The molecule has 1 aliphatic heterocycles. The lowest BCUT2D eigenvalue weighted by Gasteiger charge is -2.29. The lowest BCUT2D eigenvalue weighted by atomic mass is 9.94. The zero-order chi connectivity index (χ0) is 8.97. The average Bonchev–Trinajstić information content (AvgIpc) is 2.01. The summed E-state index contributed by atoms with van der Waals surface area (Å²) in [6.07, 6.45) is 4.92. The first kappa shape index (κ1) is 9.52. The van der Waals surface area contributed by atoms with Gasteiger partial charge in [0.1, 0.15) is 0 Å². The summed E-state index contributed by atoms with van der Waals surface area (Å²) in [5.74, 6) is 0.347. The fourth-order valence-electron chi connectivity index (χ4n) is 1.68. The molecule has 2 N–H and O–H groups in total. The van der Waals surface area contributed by atoms with Crippen molar-refractivity contribution in [2.24, 2.45) is 11.7 Å². The van der Waals surface area contributed by atoms with Crippen molar-refractivity contribution in [3.05, 3.63) is 6.42 Å². The highest BCUT2D eigenvalue weighted by Gasteiger charge is 2.17. The summed E-state index contributed by atoms with van der Waals surface area (Å²) < 4.78 is 0. The normalized spacial score (nSPS) is 25.6. The van der Waals surface area contributed by atoms with E-state index in [1.807, 2.05) is 0 Å². The molecule has 0 aliphatic carbocycles. The molecular weight excluding hydrogens is 152 g/mol. The van der Waals surface area contributed by atoms with Crippen LogP contribution in [0.2, 0.25) is 0 Å². The van der Waals surface area contributed by atoms with Gasteiger partial charge in [-0.05, 0) is 38.8 Å². The first-order chi connectivity index (χ1) is 5.68. The third-order valence-electron chi connectivity index (χ3n) is 2.31. The Balaban J connectivity index is 2.18. The molecule has 0 aromatic carbocycles. The molecule has 1 aliphatic rings. The number of likely N-dealkylation sites (tertiary alicyclic amines) is 1. The highest BCUT2D eigenvalue weighted by Crippen LogP contribution is 2.18. The number of primary amides is 1. The Kier molecular flexibility index (Phi) is 3.53. The van der Waals surface area contributed by atoms with Crippen LogP contribution in [0.1, 0.15) is 19.3 Å². The molecular formula is C9H17N2O. The molecule has 1 heterocycles. The zero-order valence-corrected chi connectivity index (χ0v) is 7.62. The van der Waals surface area contributed by atoms with Gasteiger partial charge >= 0.3 is 0 Å². The zero-order valence-electron chi connectivity index (χ0n) is 7.62. The molecule has 1 saturated heterocycles. The Labute approximate surface area is 73.9 Å². The quantitative estimate of drug-likeness (QED) is 0.665. The first-order valence-corrected chi connectivity index (χ1v) is 4.48. The maximum absolute atomic E-state index is 10.5. The van der Waals surface area contributed by atoms with Crippen molar-refractivity contribution in [2.75, 3.05) is 20.1 Å². The van der Waals surface area contributed by atoms with E-state index >= 15 is 0 Å². The highest BCUT2D eigenvalue weighted by atomic mass is 16.1. The number of carbonyl (C=O) groups is 1. The Morgan fingerprint density at radius 2 is 2.50 bits per heavy atom. The number of amides is 1. The average molecular weight is 169 g/mol. The van der Waals surface area contributed by atoms with Crippen LogP contribution < -0.4 is 5.73 Å². The molecule has 0 spiro atoms. The molecule has 0 saturated carbocycles. The molecule has 1 rings (SSSR count). The third-order valence-corrected chi connectivity index (χ3v) is 2.31. The van der Waals surface area contributed by atoms with Crippen molar-refractivity contribution >= 4 is 5.91 Å². The Morgan fingerprint density at radius 3 is 3.08 bits per heavy atom. The van der Waals surface area contributed by atoms with Crippen molar-refractivity contribution in [2.45, 2.75) is 19.3 Å². The highest BCUT2D eigenvalue weighted by molar-refractivity contribution is 5.74. The van der Waals surface area contributed by atoms with Gasteiger partial charge in [0.15, 0.2) is 0 Å². The van der Waals surface area contributed by atoms with Crippen LogP contribution in [-0.2, 0) is 4.79 Å². The van der Waals surface area contributed by atoms with E-state index in [0.29, 0.717) is 12.3 Å². The van der Waals surface area contributed by atoms with Crippen LogP contribution in [0.3, 0.4) is 0 Å². The van der Waals surface area contributed by atoms with Gasteiger partial charge in [0.2, 0.25) is 5.91 Å². The summed E-state index contributed by atoms with van der Waals surface area (Å²) in [5.41, 5.74) is 5.06. The monoisotopic (exact) mass is 169 g/mol. The molecule has 12 heavy (non-hydrogen) atoms. The molecule has 3 nitrogen and oxygen atoms in total. The van der Waals surface area contributed by atoms with Crippen LogP contribution in [0, 0.1) is 12.3 Å². The molecule has 1 fully saturated rings. The van der Waals surface area contributed by atoms with E-state index < -0.39 is 0 Å². The van der Waals surface area contributed by atoms with Crippen molar-refractivity contribution in [1.29, 1.82) is 0 Å². The van der Waals surface area contributed by atoms with E-state index in [1.54, 1.807) is 0 Å². The number of hydrogen-bond acceptors (Lipinski definition) is 2. The molecule has 1 atom stereocenters. The minimum Gasteiger partial charge on any atom is -0.370 e. The molecule has 1 amide bonds. The third kappa shape index (κ3) is 3.22. The number of piperidine rings is 1. The van der Waals surface area contributed by atoms with Crippen molar-refractivity contribution < 1.29 is 4.79 Å². The van der Waals surface area contributed by atoms with Gasteiger partial charge in [-0.1, -0.05) is 0 Å². The van der Waals surface area contributed by atoms with Gasteiger partial charge in [-0.2, -0.15) is 0 Å².